The average Bonchev–Trinajstić information content (AvgIpc) is 2.63. The number of aliphatic hydroxyl groups excluding tert-OH is 1. The van der Waals surface area contributed by atoms with Gasteiger partial charge in [0.2, 0.25) is 0 Å². The van der Waals surface area contributed by atoms with Crippen molar-refractivity contribution in [1.82, 2.24) is 4.98 Å². The molecule has 1 aliphatic rings. The lowest BCUT2D eigenvalue weighted by Gasteiger charge is -2.26. The number of nitrogens with zero attached hydrogens (tertiary/aromatic N) is 2. The van der Waals surface area contributed by atoms with Crippen molar-refractivity contribution in [1.29, 1.82) is 5.26 Å². The van der Waals surface area contributed by atoms with Gasteiger partial charge in [0.15, 0.2) is 0 Å². The number of fused-ring (bicyclic) bond motifs is 1. The molecule has 0 spiro atoms. The van der Waals surface area contributed by atoms with E-state index in [9.17, 15) is 10.4 Å². The first kappa shape index (κ1) is 17.5. The number of aliphatic hydroxyl groups is 1. The van der Waals surface area contributed by atoms with Gasteiger partial charge in [0, 0.05) is 10.9 Å². The summed E-state index contributed by atoms with van der Waals surface area (Å²) in [6.07, 6.45) is -0.500. The highest BCUT2D eigenvalue weighted by Crippen LogP contribution is 2.32. The van der Waals surface area contributed by atoms with Crippen LogP contribution < -0.4 is 4.74 Å². The van der Waals surface area contributed by atoms with E-state index in [-0.39, 0.29) is 6.10 Å². The Morgan fingerprint density at radius 1 is 1.22 bits per heavy atom. The van der Waals surface area contributed by atoms with Gasteiger partial charge in [-0.05, 0) is 54.8 Å². The van der Waals surface area contributed by atoms with Gasteiger partial charge in [-0.1, -0.05) is 18.2 Å². The fraction of sp³-hybridized carbons (Fsp3) is 0.273. The Hall–Kier alpha value is -2.94. The van der Waals surface area contributed by atoms with Crippen LogP contribution in [0.15, 0.2) is 42.5 Å². The third kappa shape index (κ3) is 3.37. The van der Waals surface area contributed by atoms with Gasteiger partial charge in [0.25, 0.3) is 0 Å². The third-order valence-electron chi connectivity index (χ3n) is 4.74. The molecule has 1 aliphatic heterocycles. The summed E-state index contributed by atoms with van der Waals surface area (Å²) in [7, 11) is 0. The number of ether oxygens (including phenoxy) is 2. The van der Waals surface area contributed by atoms with Crippen molar-refractivity contribution >= 4 is 10.9 Å². The van der Waals surface area contributed by atoms with Crippen molar-refractivity contribution in [2.24, 2.45) is 0 Å². The normalized spacial score (nSPS) is 15.2. The van der Waals surface area contributed by atoms with Crippen LogP contribution >= 0.6 is 0 Å². The zero-order valence-electron chi connectivity index (χ0n) is 15.3. The van der Waals surface area contributed by atoms with E-state index >= 15 is 0 Å². The maximum atomic E-state index is 10.2. The Bertz CT molecular complexity index is 1030. The molecule has 1 atom stereocenters. The molecule has 0 saturated carbocycles. The summed E-state index contributed by atoms with van der Waals surface area (Å²) in [5.41, 5.74) is 4.53. The van der Waals surface area contributed by atoms with E-state index in [2.05, 4.69) is 11.1 Å². The number of nitriles is 1. The summed E-state index contributed by atoms with van der Waals surface area (Å²) in [4.78, 5) is 4.55. The summed E-state index contributed by atoms with van der Waals surface area (Å²) in [5.74, 6) is 0.777. The zero-order valence-corrected chi connectivity index (χ0v) is 15.3. The molecular weight excluding hydrogens is 340 g/mol. The Labute approximate surface area is 157 Å². The van der Waals surface area contributed by atoms with Gasteiger partial charge in [-0.15, -0.1) is 0 Å². The monoisotopic (exact) mass is 360 g/mol. The van der Waals surface area contributed by atoms with E-state index in [0.717, 1.165) is 38.9 Å². The topological polar surface area (TPSA) is 75.4 Å². The fourth-order valence-electron chi connectivity index (χ4n) is 3.29. The van der Waals surface area contributed by atoms with Gasteiger partial charge in [-0.3, -0.25) is 0 Å². The first-order valence-corrected chi connectivity index (χ1v) is 8.93. The highest BCUT2D eigenvalue weighted by molar-refractivity contribution is 5.89. The molecule has 4 rings (SSSR count). The van der Waals surface area contributed by atoms with E-state index in [1.54, 1.807) is 6.92 Å². The minimum absolute atomic E-state index is 0.115. The Balaban J connectivity index is 1.79. The SMILES string of the molecule is Cc1cc(C(C)O)c2cc(-c3ccc(OC4COC4)cc3)c(C#N)nc2c1. The van der Waals surface area contributed by atoms with E-state index < -0.39 is 6.10 Å². The lowest BCUT2D eigenvalue weighted by Crippen LogP contribution is -2.38. The number of aromatic nitrogens is 1. The second-order valence-electron chi connectivity index (χ2n) is 6.89. The van der Waals surface area contributed by atoms with E-state index in [0.29, 0.717) is 18.9 Å². The lowest BCUT2D eigenvalue weighted by molar-refractivity contribution is -0.0796. The molecule has 1 aromatic heterocycles. The highest BCUT2D eigenvalue weighted by atomic mass is 16.6. The standard InChI is InChI=1S/C22H20N2O3/c1-13-7-18(14(2)25)20-9-19(22(10-23)24-21(20)8-13)15-3-5-16(6-4-15)27-17-11-26-12-17/h3-9,14,17,25H,11-12H2,1-2H3. The summed E-state index contributed by atoms with van der Waals surface area (Å²) in [6.45, 7) is 4.94. The molecule has 0 amide bonds. The molecule has 1 fully saturated rings. The van der Waals surface area contributed by atoms with Gasteiger partial charge in [-0.2, -0.15) is 5.26 Å². The third-order valence-corrected chi connectivity index (χ3v) is 4.74. The fourth-order valence-corrected chi connectivity index (χ4v) is 3.29. The molecule has 27 heavy (non-hydrogen) atoms. The van der Waals surface area contributed by atoms with E-state index in [4.69, 9.17) is 9.47 Å². The van der Waals surface area contributed by atoms with Crippen molar-refractivity contribution in [2.75, 3.05) is 13.2 Å². The Morgan fingerprint density at radius 2 is 1.96 bits per heavy atom. The molecular formula is C22H20N2O3. The average molecular weight is 360 g/mol. The number of benzene rings is 2. The molecule has 3 aromatic rings. The maximum absolute atomic E-state index is 10.2. The van der Waals surface area contributed by atoms with E-state index in [1.807, 2.05) is 49.4 Å². The van der Waals surface area contributed by atoms with Gasteiger partial charge in [-0.25, -0.2) is 4.98 Å². The molecule has 1 unspecified atom stereocenters. The van der Waals surface area contributed by atoms with Gasteiger partial charge >= 0.3 is 0 Å². The van der Waals surface area contributed by atoms with Gasteiger partial charge in [0.1, 0.15) is 23.6 Å². The molecule has 2 aromatic carbocycles. The largest absolute Gasteiger partial charge is 0.486 e. The van der Waals surface area contributed by atoms with Crippen LogP contribution in [0.4, 0.5) is 0 Å². The van der Waals surface area contributed by atoms with Crippen molar-refractivity contribution in [3.63, 3.8) is 0 Å². The van der Waals surface area contributed by atoms with Crippen molar-refractivity contribution in [2.45, 2.75) is 26.1 Å². The predicted octanol–water partition coefficient (Wildman–Crippen LogP) is 3.91. The predicted molar refractivity (Wildman–Crippen MR) is 102 cm³/mol. The van der Waals surface area contributed by atoms with Crippen LogP contribution in [0.1, 0.15) is 29.8 Å². The second kappa shape index (κ2) is 6.99. The first-order valence-electron chi connectivity index (χ1n) is 8.93. The minimum Gasteiger partial charge on any atom is -0.486 e. The molecule has 0 radical (unpaired) electrons. The van der Waals surface area contributed by atoms with Crippen LogP contribution in [0.2, 0.25) is 0 Å². The molecule has 0 bridgehead atoms. The van der Waals surface area contributed by atoms with Crippen LogP contribution in [0, 0.1) is 18.3 Å². The molecule has 5 nitrogen and oxygen atoms in total. The molecule has 0 aliphatic carbocycles. The molecule has 5 heteroatoms. The Morgan fingerprint density at radius 3 is 2.56 bits per heavy atom. The number of pyridine rings is 1. The first-order chi connectivity index (χ1) is 13.0. The number of hydrogen-bond acceptors (Lipinski definition) is 5. The van der Waals surface area contributed by atoms with Crippen molar-refractivity contribution in [3.05, 3.63) is 59.3 Å². The molecule has 1 saturated heterocycles. The molecule has 136 valence electrons. The summed E-state index contributed by atoms with van der Waals surface area (Å²) in [6, 6.07) is 15.7. The summed E-state index contributed by atoms with van der Waals surface area (Å²) in [5, 5.41) is 20.6. The second-order valence-corrected chi connectivity index (χ2v) is 6.89. The van der Waals surface area contributed by atoms with Crippen LogP contribution in [0.25, 0.3) is 22.0 Å². The van der Waals surface area contributed by atoms with Crippen LogP contribution in [0.5, 0.6) is 5.75 Å². The van der Waals surface area contributed by atoms with Crippen LogP contribution in [-0.2, 0) is 4.74 Å². The van der Waals surface area contributed by atoms with Crippen LogP contribution in [0.3, 0.4) is 0 Å². The van der Waals surface area contributed by atoms with Gasteiger partial charge in [0.05, 0.1) is 24.8 Å². The van der Waals surface area contributed by atoms with Crippen molar-refractivity contribution in [3.8, 4) is 22.9 Å². The Kier molecular flexibility index (Phi) is 4.53. The zero-order chi connectivity index (χ0) is 19.0. The quantitative estimate of drug-likeness (QED) is 0.763. The maximum Gasteiger partial charge on any atom is 0.149 e. The number of aryl methyl sites for hydroxylation is 1. The molecule has 2 heterocycles. The molecule has 1 N–H and O–H groups in total. The minimum atomic E-state index is -0.615. The number of rotatable bonds is 4. The van der Waals surface area contributed by atoms with E-state index in [1.165, 1.54) is 0 Å². The van der Waals surface area contributed by atoms with Crippen LogP contribution in [-0.4, -0.2) is 29.4 Å². The number of hydrogen-bond donors (Lipinski definition) is 1. The van der Waals surface area contributed by atoms with Gasteiger partial charge < -0.3 is 14.6 Å². The highest BCUT2D eigenvalue weighted by Gasteiger charge is 2.20. The smallest absolute Gasteiger partial charge is 0.149 e. The summed E-state index contributed by atoms with van der Waals surface area (Å²) < 4.78 is 10.9. The summed E-state index contributed by atoms with van der Waals surface area (Å²) >= 11 is 0. The van der Waals surface area contributed by atoms with Crippen molar-refractivity contribution < 1.29 is 14.6 Å². The lowest BCUT2D eigenvalue weighted by atomic mass is 9.96.